The molecule has 2 fully saturated rings. The molecule has 6 unspecified atom stereocenters. The standard InChI is InChI=1S/C24H38O6/c1-17(28-13-12-26-2)24-20-15-18(8-4-5-9-22(25)27-3)14-19(20)16-21(24)30-23-10-6-7-11-29-23/h4,8,14,17,19-21,23-24H,5-7,9-13,15-16H2,1-3H3. The molecule has 3 rings (SSSR count). The number of methoxy groups -OCH3 is 2. The number of ether oxygens (including phenoxy) is 5. The van der Waals surface area contributed by atoms with Crippen molar-refractivity contribution in [2.75, 3.05) is 34.0 Å². The average Bonchev–Trinajstić information content (AvgIpc) is 3.28. The Morgan fingerprint density at radius 1 is 1.30 bits per heavy atom. The molecule has 6 atom stereocenters. The third kappa shape index (κ3) is 6.39. The Labute approximate surface area is 180 Å². The topological polar surface area (TPSA) is 63.2 Å². The first-order valence-electron chi connectivity index (χ1n) is 11.4. The summed E-state index contributed by atoms with van der Waals surface area (Å²) >= 11 is 0. The lowest BCUT2D eigenvalue weighted by molar-refractivity contribution is -0.204. The lowest BCUT2D eigenvalue weighted by Crippen LogP contribution is -2.37. The van der Waals surface area contributed by atoms with Gasteiger partial charge in [0.15, 0.2) is 6.29 Å². The van der Waals surface area contributed by atoms with Crippen molar-refractivity contribution in [3.8, 4) is 0 Å². The van der Waals surface area contributed by atoms with Crippen LogP contribution < -0.4 is 0 Å². The summed E-state index contributed by atoms with van der Waals surface area (Å²) in [6.07, 6.45) is 13.4. The van der Waals surface area contributed by atoms with E-state index in [-0.39, 0.29) is 24.5 Å². The third-order valence-corrected chi connectivity index (χ3v) is 6.63. The molecule has 170 valence electrons. The van der Waals surface area contributed by atoms with Gasteiger partial charge < -0.3 is 23.7 Å². The first kappa shape index (κ1) is 23.5. The number of carbonyl (C=O) groups excluding carboxylic acids is 1. The second-order valence-electron chi connectivity index (χ2n) is 8.64. The minimum absolute atomic E-state index is 0.0714. The molecule has 6 nitrogen and oxygen atoms in total. The molecule has 0 spiro atoms. The van der Waals surface area contributed by atoms with Crippen LogP contribution in [0.25, 0.3) is 0 Å². The van der Waals surface area contributed by atoms with E-state index in [2.05, 4.69) is 25.2 Å². The summed E-state index contributed by atoms with van der Waals surface area (Å²) in [5, 5.41) is 0. The number of rotatable bonds is 11. The summed E-state index contributed by atoms with van der Waals surface area (Å²) in [5.41, 5.74) is 1.36. The highest BCUT2D eigenvalue weighted by atomic mass is 16.7. The lowest BCUT2D eigenvalue weighted by atomic mass is 9.86. The van der Waals surface area contributed by atoms with Crippen LogP contribution in [0.4, 0.5) is 0 Å². The van der Waals surface area contributed by atoms with E-state index < -0.39 is 0 Å². The Bertz CT molecular complexity index is 595. The second kappa shape index (κ2) is 12.0. The molecule has 1 saturated heterocycles. The smallest absolute Gasteiger partial charge is 0.305 e. The van der Waals surface area contributed by atoms with Gasteiger partial charge in [0, 0.05) is 26.1 Å². The highest BCUT2D eigenvalue weighted by molar-refractivity contribution is 5.69. The number of esters is 1. The van der Waals surface area contributed by atoms with E-state index in [0.29, 0.717) is 43.8 Å². The Kier molecular flexibility index (Phi) is 9.37. The van der Waals surface area contributed by atoms with E-state index in [1.54, 1.807) is 7.11 Å². The second-order valence-corrected chi connectivity index (χ2v) is 8.64. The van der Waals surface area contributed by atoms with Crippen LogP contribution in [0.1, 0.15) is 51.9 Å². The predicted octanol–water partition coefficient (Wildman–Crippen LogP) is 4.04. The zero-order chi connectivity index (χ0) is 21.3. The summed E-state index contributed by atoms with van der Waals surface area (Å²) in [7, 11) is 3.13. The van der Waals surface area contributed by atoms with Crippen LogP contribution in [-0.4, -0.2) is 58.5 Å². The fourth-order valence-corrected chi connectivity index (χ4v) is 5.16. The van der Waals surface area contributed by atoms with Crippen molar-refractivity contribution < 1.29 is 28.5 Å². The SMILES string of the molecule is COCCOC(C)C1C(OC2CCCCO2)CC2C=C(C=CCCC(=O)OC)CC21. The van der Waals surface area contributed by atoms with Gasteiger partial charge in [-0.15, -0.1) is 0 Å². The van der Waals surface area contributed by atoms with Gasteiger partial charge in [-0.05, 0) is 57.3 Å². The maximum Gasteiger partial charge on any atom is 0.305 e. The molecule has 1 saturated carbocycles. The maximum absolute atomic E-state index is 11.3. The van der Waals surface area contributed by atoms with E-state index in [1.807, 2.05) is 0 Å². The summed E-state index contributed by atoms with van der Waals surface area (Å²) in [6, 6.07) is 0. The fourth-order valence-electron chi connectivity index (χ4n) is 5.16. The van der Waals surface area contributed by atoms with Gasteiger partial charge in [-0.3, -0.25) is 4.79 Å². The van der Waals surface area contributed by atoms with Gasteiger partial charge in [0.25, 0.3) is 0 Å². The van der Waals surface area contributed by atoms with Crippen molar-refractivity contribution >= 4 is 5.97 Å². The molecule has 0 radical (unpaired) electrons. The van der Waals surface area contributed by atoms with Crippen LogP contribution in [0.3, 0.4) is 0 Å². The van der Waals surface area contributed by atoms with Gasteiger partial charge in [-0.1, -0.05) is 23.8 Å². The van der Waals surface area contributed by atoms with Gasteiger partial charge in [-0.25, -0.2) is 0 Å². The molecule has 0 amide bonds. The van der Waals surface area contributed by atoms with E-state index in [4.69, 9.17) is 23.7 Å². The highest BCUT2D eigenvalue weighted by Crippen LogP contribution is 2.50. The Hall–Kier alpha value is -1.21. The molecule has 0 aromatic heterocycles. The predicted molar refractivity (Wildman–Crippen MR) is 114 cm³/mol. The number of hydrogen-bond donors (Lipinski definition) is 0. The minimum Gasteiger partial charge on any atom is -0.469 e. The zero-order valence-corrected chi connectivity index (χ0v) is 18.7. The molecule has 0 bridgehead atoms. The average molecular weight is 423 g/mol. The Balaban J connectivity index is 1.60. The molecule has 2 aliphatic carbocycles. The maximum atomic E-state index is 11.3. The Morgan fingerprint density at radius 3 is 2.90 bits per heavy atom. The van der Waals surface area contributed by atoms with Crippen LogP contribution in [0.15, 0.2) is 23.8 Å². The van der Waals surface area contributed by atoms with Crippen molar-refractivity contribution in [1.82, 2.24) is 0 Å². The largest absolute Gasteiger partial charge is 0.469 e. The quantitative estimate of drug-likeness (QED) is 0.370. The first-order valence-corrected chi connectivity index (χ1v) is 11.4. The molecular weight excluding hydrogens is 384 g/mol. The molecule has 0 N–H and O–H groups in total. The summed E-state index contributed by atoms with van der Waals surface area (Å²) in [6.45, 7) is 4.18. The third-order valence-electron chi connectivity index (χ3n) is 6.63. The fraction of sp³-hybridized carbons (Fsp3) is 0.792. The van der Waals surface area contributed by atoms with Gasteiger partial charge in [0.05, 0.1) is 32.5 Å². The minimum atomic E-state index is -0.163. The number of carbonyl (C=O) groups is 1. The van der Waals surface area contributed by atoms with Crippen molar-refractivity contribution in [3.63, 3.8) is 0 Å². The summed E-state index contributed by atoms with van der Waals surface area (Å²) in [5.74, 6) is 1.22. The summed E-state index contributed by atoms with van der Waals surface area (Å²) in [4.78, 5) is 11.3. The van der Waals surface area contributed by atoms with Gasteiger partial charge in [0.1, 0.15) is 0 Å². The van der Waals surface area contributed by atoms with Crippen LogP contribution in [0.5, 0.6) is 0 Å². The van der Waals surface area contributed by atoms with E-state index in [9.17, 15) is 4.79 Å². The van der Waals surface area contributed by atoms with Crippen molar-refractivity contribution in [3.05, 3.63) is 23.8 Å². The van der Waals surface area contributed by atoms with Crippen molar-refractivity contribution in [1.29, 1.82) is 0 Å². The highest BCUT2D eigenvalue weighted by Gasteiger charge is 2.49. The molecule has 30 heavy (non-hydrogen) atoms. The van der Waals surface area contributed by atoms with E-state index in [0.717, 1.165) is 32.3 Å². The van der Waals surface area contributed by atoms with Crippen LogP contribution in [0.2, 0.25) is 0 Å². The molecule has 0 aromatic carbocycles. The molecule has 3 aliphatic rings. The van der Waals surface area contributed by atoms with Gasteiger partial charge >= 0.3 is 5.97 Å². The number of allylic oxidation sites excluding steroid dienone is 4. The van der Waals surface area contributed by atoms with E-state index >= 15 is 0 Å². The normalized spacial score (nSPS) is 32.2. The number of hydrogen-bond acceptors (Lipinski definition) is 6. The van der Waals surface area contributed by atoms with E-state index in [1.165, 1.54) is 19.1 Å². The molecule has 1 aliphatic heterocycles. The Morgan fingerprint density at radius 2 is 2.17 bits per heavy atom. The molecule has 1 heterocycles. The molecular formula is C24H38O6. The number of fused-ring (bicyclic) bond motifs is 1. The van der Waals surface area contributed by atoms with Gasteiger partial charge in [-0.2, -0.15) is 0 Å². The summed E-state index contributed by atoms with van der Waals surface area (Å²) < 4.78 is 28.3. The lowest BCUT2D eigenvalue weighted by Gasteiger charge is -2.33. The van der Waals surface area contributed by atoms with Gasteiger partial charge in [0.2, 0.25) is 0 Å². The monoisotopic (exact) mass is 422 g/mol. The first-order chi connectivity index (χ1) is 14.6. The van der Waals surface area contributed by atoms with Crippen LogP contribution in [-0.2, 0) is 28.5 Å². The van der Waals surface area contributed by atoms with Crippen molar-refractivity contribution in [2.45, 2.75) is 70.4 Å². The van der Waals surface area contributed by atoms with Crippen LogP contribution >= 0.6 is 0 Å². The van der Waals surface area contributed by atoms with Crippen LogP contribution in [0, 0.1) is 17.8 Å². The molecule has 6 heteroatoms. The molecule has 0 aromatic rings. The van der Waals surface area contributed by atoms with Crippen molar-refractivity contribution in [2.24, 2.45) is 17.8 Å². The zero-order valence-electron chi connectivity index (χ0n) is 18.7.